The van der Waals surface area contributed by atoms with Gasteiger partial charge >= 0.3 is 5.97 Å². The van der Waals surface area contributed by atoms with Gasteiger partial charge < -0.3 is 14.6 Å². The molecule has 0 fully saturated rings. The maximum Gasteiger partial charge on any atom is 0.311 e. The number of hydrogen-bond donors (Lipinski definition) is 1. The highest BCUT2D eigenvalue weighted by molar-refractivity contribution is 5.77. The summed E-state index contributed by atoms with van der Waals surface area (Å²) in [6, 6.07) is 32.3. The van der Waals surface area contributed by atoms with Crippen molar-refractivity contribution in [2.45, 2.75) is 18.9 Å². The van der Waals surface area contributed by atoms with Crippen LogP contribution >= 0.6 is 0 Å². The molecule has 206 valence electrons. The third-order valence-corrected chi connectivity index (χ3v) is 6.65. The van der Waals surface area contributed by atoms with Crippen molar-refractivity contribution in [1.29, 1.82) is 0 Å². The minimum Gasteiger partial charge on any atom is -0.497 e. The van der Waals surface area contributed by atoms with Crippen molar-refractivity contribution >= 4 is 11.7 Å². The number of hydrogen-bond acceptors (Lipinski definition) is 6. The summed E-state index contributed by atoms with van der Waals surface area (Å²) < 4.78 is 13.0. The number of nitro groups is 1. The molecule has 0 amide bonds. The number of non-ortho nitro benzene ring substituents is 1. The van der Waals surface area contributed by atoms with E-state index in [4.69, 9.17) is 14.6 Å². The van der Waals surface area contributed by atoms with Gasteiger partial charge in [0.2, 0.25) is 0 Å². The number of aromatic nitrogens is 2. The molecule has 0 saturated heterocycles. The number of para-hydroxylation sites is 1. The molecule has 0 radical (unpaired) electrons. The Morgan fingerprint density at radius 1 is 0.902 bits per heavy atom. The van der Waals surface area contributed by atoms with Crippen LogP contribution in [0, 0.1) is 10.1 Å². The smallest absolute Gasteiger partial charge is 0.311 e. The Labute approximate surface area is 236 Å². The lowest BCUT2D eigenvalue weighted by molar-refractivity contribution is -0.384. The van der Waals surface area contributed by atoms with E-state index in [9.17, 15) is 20.0 Å². The molecule has 41 heavy (non-hydrogen) atoms. The Morgan fingerprint density at radius 3 is 2.24 bits per heavy atom. The summed E-state index contributed by atoms with van der Waals surface area (Å²) in [6.45, 7) is 0.441. The van der Waals surface area contributed by atoms with Crippen LogP contribution in [0.25, 0.3) is 11.3 Å². The van der Waals surface area contributed by atoms with Crippen LogP contribution in [-0.4, -0.2) is 32.9 Å². The molecule has 4 aromatic carbocycles. The van der Waals surface area contributed by atoms with Crippen LogP contribution < -0.4 is 9.47 Å². The van der Waals surface area contributed by atoms with Crippen molar-refractivity contribution in [1.82, 2.24) is 9.78 Å². The minimum absolute atomic E-state index is 0.0638. The highest BCUT2D eigenvalue weighted by Crippen LogP contribution is 2.30. The number of ether oxygens (including phenoxy) is 2. The van der Waals surface area contributed by atoms with Crippen LogP contribution in [0.15, 0.2) is 109 Å². The molecule has 5 aromatic rings. The highest BCUT2D eigenvalue weighted by Gasteiger charge is 2.24. The quantitative estimate of drug-likeness (QED) is 0.144. The van der Waals surface area contributed by atoms with E-state index in [1.807, 2.05) is 89.6 Å². The lowest BCUT2D eigenvalue weighted by Gasteiger charge is -2.11. The number of aliphatic carboxylic acids is 1. The van der Waals surface area contributed by atoms with Gasteiger partial charge in [-0.1, -0.05) is 42.5 Å². The van der Waals surface area contributed by atoms with Gasteiger partial charge in [-0.25, -0.2) is 0 Å². The van der Waals surface area contributed by atoms with E-state index >= 15 is 0 Å². The average molecular weight is 550 g/mol. The number of benzene rings is 4. The molecule has 1 aromatic heterocycles. The summed E-state index contributed by atoms with van der Waals surface area (Å²) in [6.07, 6.45) is 0.0638. The molecule has 9 heteroatoms. The van der Waals surface area contributed by atoms with Crippen molar-refractivity contribution in [2.24, 2.45) is 0 Å². The molecular weight excluding hydrogens is 522 g/mol. The van der Waals surface area contributed by atoms with Crippen molar-refractivity contribution in [3.63, 3.8) is 0 Å². The Kier molecular flexibility index (Phi) is 8.05. The zero-order chi connectivity index (χ0) is 28.8. The largest absolute Gasteiger partial charge is 0.497 e. The minimum atomic E-state index is -1.08. The van der Waals surface area contributed by atoms with Gasteiger partial charge in [0.05, 0.1) is 35.9 Å². The maximum absolute atomic E-state index is 12.3. The predicted octanol–water partition coefficient (Wildman–Crippen LogP) is 6.72. The number of nitrogens with zero attached hydrogens (tertiary/aromatic N) is 3. The standard InChI is InChI=1S/C32H27N3O6/c1-40-27-14-10-22(11-15-27)21-34-31(23-12-16-29(17-13-23)41-28-8-3-2-4-9-28)20-25(33-34)19-30(32(36)37)24-6-5-7-26(18-24)35(38)39/h2-18,20,30H,19,21H2,1H3,(H,36,37). The first kappa shape index (κ1) is 27.1. The fourth-order valence-electron chi connectivity index (χ4n) is 4.56. The Hall–Kier alpha value is -5.44. The van der Waals surface area contributed by atoms with Gasteiger partial charge in [-0.3, -0.25) is 19.6 Å². The predicted molar refractivity (Wildman–Crippen MR) is 153 cm³/mol. The maximum atomic E-state index is 12.3. The van der Waals surface area contributed by atoms with Crippen molar-refractivity contribution in [2.75, 3.05) is 7.11 Å². The topological polar surface area (TPSA) is 117 Å². The zero-order valence-corrected chi connectivity index (χ0v) is 22.2. The van der Waals surface area contributed by atoms with Gasteiger partial charge in [0.1, 0.15) is 17.2 Å². The summed E-state index contributed by atoms with van der Waals surface area (Å²) >= 11 is 0. The zero-order valence-electron chi connectivity index (χ0n) is 22.2. The Morgan fingerprint density at radius 2 is 1.59 bits per heavy atom. The van der Waals surface area contributed by atoms with Gasteiger partial charge in [0.25, 0.3) is 5.69 Å². The summed E-state index contributed by atoms with van der Waals surface area (Å²) in [5, 5.41) is 26.1. The van der Waals surface area contributed by atoms with Crippen LogP contribution in [0.5, 0.6) is 17.2 Å². The Balaban J connectivity index is 1.47. The molecule has 1 atom stereocenters. The number of carboxylic acids is 1. The van der Waals surface area contributed by atoms with Gasteiger partial charge in [-0.15, -0.1) is 0 Å². The summed E-state index contributed by atoms with van der Waals surface area (Å²) in [4.78, 5) is 23.0. The second-order valence-corrected chi connectivity index (χ2v) is 9.41. The lowest BCUT2D eigenvalue weighted by Crippen LogP contribution is -2.15. The van der Waals surface area contributed by atoms with Crippen LogP contribution in [0.2, 0.25) is 0 Å². The van der Waals surface area contributed by atoms with Gasteiger partial charge in [0.15, 0.2) is 0 Å². The molecule has 0 aliphatic carbocycles. The SMILES string of the molecule is COc1ccc(Cn2nc(CC(C(=O)O)c3cccc([N+](=O)[O-])c3)cc2-c2ccc(Oc3ccccc3)cc2)cc1. The van der Waals surface area contributed by atoms with Gasteiger partial charge in [-0.2, -0.15) is 5.10 Å². The van der Waals surface area contributed by atoms with Crippen LogP contribution in [0.3, 0.4) is 0 Å². The first-order valence-electron chi connectivity index (χ1n) is 12.9. The van der Waals surface area contributed by atoms with Gasteiger partial charge in [0, 0.05) is 24.1 Å². The molecule has 9 nitrogen and oxygen atoms in total. The first-order valence-corrected chi connectivity index (χ1v) is 12.9. The fourth-order valence-corrected chi connectivity index (χ4v) is 4.56. The Bertz CT molecular complexity index is 1650. The molecule has 0 saturated carbocycles. The third-order valence-electron chi connectivity index (χ3n) is 6.65. The van der Waals surface area contributed by atoms with Crippen LogP contribution in [-0.2, 0) is 17.8 Å². The first-order chi connectivity index (χ1) is 19.9. The molecule has 0 aliphatic rings. The molecule has 1 N–H and O–H groups in total. The number of carbonyl (C=O) groups is 1. The number of rotatable bonds is 11. The van der Waals surface area contributed by atoms with Crippen LogP contribution in [0.1, 0.15) is 22.7 Å². The normalized spacial score (nSPS) is 11.5. The molecule has 0 bridgehead atoms. The molecule has 5 rings (SSSR count). The molecule has 0 spiro atoms. The monoisotopic (exact) mass is 549 g/mol. The van der Waals surface area contributed by atoms with E-state index in [1.165, 1.54) is 18.2 Å². The number of carboxylic acid groups (broad SMARTS) is 1. The molecule has 0 aliphatic heterocycles. The molecule has 1 unspecified atom stereocenters. The highest BCUT2D eigenvalue weighted by atomic mass is 16.6. The summed E-state index contributed by atoms with van der Waals surface area (Å²) in [5.41, 5.74) is 3.40. The van der Waals surface area contributed by atoms with Gasteiger partial charge in [-0.05, 0) is 65.7 Å². The average Bonchev–Trinajstić information content (AvgIpc) is 3.39. The number of methoxy groups -OCH3 is 1. The summed E-state index contributed by atoms with van der Waals surface area (Å²) in [7, 11) is 1.61. The van der Waals surface area contributed by atoms with Crippen molar-refractivity contribution < 1.29 is 24.3 Å². The second-order valence-electron chi connectivity index (χ2n) is 9.41. The van der Waals surface area contributed by atoms with E-state index < -0.39 is 16.8 Å². The van der Waals surface area contributed by atoms with E-state index in [2.05, 4.69) is 0 Å². The number of nitro benzene ring substituents is 1. The van der Waals surface area contributed by atoms with E-state index in [1.54, 1.807) is 13.2 Å². The summed E-state index contributed by atoms with van der Waals surface area (Å²) in [5.74, 6) is 0.0595. The van der Waals surface area contributed by atoms with E-state index in [0.717, 1.165) is 28.3 Å². The van der Waals surface area contributed by atoms with Crippen molar-refractivity contribution in [3.8, 4) is 28.5 Å². The molecule has 1 heterocycles. The second kappa shape index (κ2) is 12.2. The van der Waals surface area contributed by atoms with E-state index in [0.29, 0.717) is 23.6 Å². The lowest BCUT2D eigenvalue weighted by atomic mass is 9.93. The third kappa shape index (κ3) is 6.59. The molecular formula is C32H27N3O6. The van der Waals surface area contributed by atoms with E-state index in [-0.39, 0.29) is 12.1 Å². The van der Waals surface area contributed by atoms with Crippen molar-refractivity contribution in [3.05, 3.63) is 136 Å². The van der Waals surface area contributed by atoms with Crippen LogP contribution in [0.4, 0.5) is 5.69 Å². The fraction of sp³-hybridized carbons (Fsp3) is 0.125.